The summed E-state index contributed by atoms with van der Waals surface area (Å²) in [6, 6.07) is 19.3. The van der Waals surface area contributed by atoms with E-state index >= 15 is 0 Å². The Labute approximate surface area is 138 Å². The van der Waals surface area contributed by atoms with Crippen LogP contribution in [0, 0.1) is 0 Å². The standard InChI is InChI=1S/C19H14N4O/c24-19(23-21-11-13-6-2-1-3-7-13)17-10-15-14-8-4-5-9-16(14)22-18(15)12-20-17/h1-12,22H,(H,23,24)/b21-11-. The van der Waals surface area contributed by atoms with Gasteiger partial charge in [-0.3, -0.25) is 4.79 Å². The highest BCUT2D eigenvalue weighted by molar-refractivity contribution is 6.09. The number of pyridine rings is 1. The molecule has 0 fully saturated rings. The van der Waals surface area contributed by atoms with Gasteiger partial charge >= 0.3 is 0 Å². The van der Waals surface area contributed by atoms with E-state index in [-0.39, 0.29) is 5.91 Å². The highest BCUT2D eigenvalue weighted by Crippen LogP contribution is 2.24. The molecule has 116 valence electrons. The molecule has 2 aromatic heterocycles. The van der Waals surface area contributed by atoms with Crippen LogP contribution in [0.25, 0.3) is 21.8 Å². The van der Waals surface area contributed by atoms with Gasteiger partial charge in [0.25, 0.3) is 5.91 Å². The minimum Gasteiger partial charge on any atom is -0.353 e. The van der Waals surface area contributed by atoms with E-state index in [0.717, 1.165) is 27.4 Å². The minimum atomic E-state index is -0.339. The Kier molecular flexibility index (Phi) is 3.51. The average molecular weight is 314 g/mol. The predicted octanol–water partition coefficient (Wildman–Crippen LogP) is 3.48. The number of carbonyl (C=O) groups is 1. The maximum Gasteiger partial charge on any atom is 0.289 e. The van der Waals surface area contributed by atoms with Crippen LogP contribution in [0.4, 0.5) is 0 Å². The van der Waals surface area contributed by atoms with Crippen LogP contribution >= 0.6 is 0 Å². The lowest BCUT2D eigenvalue weighted by Gasteiger charge is -1.99. The summed E-state index contributed by atoms with van der Waals surface area (Å²) < 4.78 is 0. The molecule has 2 heterocycles. The quantitative estimate of drug-likeness (QED) is 0.449. The molecule has 0 spiro atoms. The number of hydrazone groups is 1. The molecule has 1 amide bonds. The van der Waals surface area contributed by atoms with E-state index in [2.05, 4.69) is 20.5 Å². The maximum absolute atomic E-state index is 12.2. The first-order valence-corrected chi connectivity index (χ1v) is 7.56. The summed E-state index contributed by atoms with van der Waals surface area (Å²) in [5, 5.41) is 6.01. The highest BCUT2D eigenvalue weighted by Gasteiger charge is 2.10. The van der Waals surface area contributed by atoms with E-state index in [9.17, 15) is 4.79 Å². The zero-order valence-electron chi connectivity index (χ0n) is 12.7. The van der Waals surface area contributed by atoms with Crippen molar-refractivity contribution in [2.24, 2.45) is 5.10 Å². The molecule has 5 nitrogen and oxygen atoms in total. The number of aromatic nitrogens is 2. The van der Waals surface area contributed by atoms with Crippen LogP contribution in [-0.4, -0.2) is 22.1 Å². The van der Waals surface area contributed by atoms with Crippen LogP contribution in [0.1, 0.15) is 16.1 Å². The maximum atomic E-state index is 12.2. The fraction of sp³-hybridized carbons (Fsp3) is 0. The number of aromatic amines is 1. The lowest BCUT2D eigenvalue weighted by Crippen LogP contribution is -2.18. The molecule has 2 aromatic carbocycles. The molecule has 0 aliphatic carbocycles. The normalized spacial score (nSPS) is 11.3. The third-order valence-corrected chi connectivity index (χ3v) is 3.80. The van der Waals surface area contributed by atoms with Crippen LogP contribution in [-0.2, 0) is 0 Å². The van der Waals surface area contributed by atoms with Gasteiger partial charge in [0, 0.05) is 16.3 Å². The van der Waals surface area contributed by atoms with Crippen molar-refractivity contribution in [1.29, 1.82) is 0 Å². The highest BCUT2D eigenvalue weighted by atomic mass is 16.2. The van der Waals surface area contributed by atoms with E-state index < -0.39 is 0 Å². The smallest absolute Gasteiger partial charge is 0.289 e. The molecular formula is C19H14N4O. The van der Waals surface area contributed by atoms with Crippen molar-refractivity contribution >= 4 is 33.9 Å². The zero-order valence-corrected chi connectivity index (χ0v) is 12.7. The molecule has 2 N–H and O–H groups in total. The number of carbonyl (C=O) groups excluding carboxylic acids is 1. The number of rotatable bonds is 3. The van der Waals surface area contributed by atoms with Gasteiger partial charge in [0.15, 0.2) is 0 Å². The van der Waals surface area contributed by atoms with Crippen molar-refractivity contribution in [3.05, 3.63) is 78.1 Å². The summed E-state index contributed by atoms with van der Waals surface area (Å²) in [5.74, 6) is -0.339. The van der Waals surface area contributed by atoms with Crippen molar-refractivity contribution in [1.82, 2.24) is 15.4 Å². The second-order valence-corrected chi connectivity index (χ2v) is 5.40. The number of fused-ring (bicyclic) bond motifs is 3. The van der Waals surface area contributed by atoms with Gasteiger partial charge in [-0.05, 0) is 17.7 Å². The Morgan fingerprint density at radius 1 is 1.00 bits per heavy atom. The summed E-state index contributed by atoms with van der Waals surface area (Å²) in [4.78, 5) is 19.7. The summed E-state index contributed by atoms with van der Waals surface area (Å²) >= 11 is 0. The summed E-state index contributed by atoms with van der Waals surface area (Å²) in [7, 11) is 0. The number of para-hydroxylation sites is 1. The molecule has 0 aliphatic heterocycles. The molecular weight excluding hydrogens is 300 g/mol. The SMILES string of the molecule is O=C(N/N=C\c1ccccc1)c1cc2c(cn1)[nH]c1ccccc12. The number of hydrogen-bond acceptors (Lipinski definition) is 3. The zero-order chi connectivity index (χ0) is 16.4. The molecule has 0 unspecified atom stereocenters. The molecule has 0 atom stereocenters. The Bertz CT molecular complexity index is 1050. The number of benzene rings is 2. The van der Waals surface area contributed by atoms with E-state index in [1.807, 2.05) is 54.6 Å². The second-order valence-electron chi connectivity index (χ2n) is 5.40. The first-order valence-electron chi connectivity index (χ1n) is 7.56. The van der Waals surface area contributed by atoms with Gasteiger partial charge < -0.3 is 4.98 Å². The topological polar surface area (TPSA) is 70.1 Å². The molecule has 0 saturated heterocycles. The van der Waals surface area contributed by atoms with E-state index in [4.69, 9.17) is 0 Å². The average Bonchev–Trinajstić information content (AvgIpc) is 3.00. The molecule has 0 bridgehead atoms. The minimum absolute atomic E-state index is 0.331. The van der Waals surface area contributed by atoms with E-state index in [1.165, 1.54) is 0 Å². The Morgan fingerprint density at radius 3 is 2.67 bits per heavy atom. The summed E-state index contributed by atoms with van der Waals surface area (Å²) in [5.41, 5.74) is 5.68. The first kappa shape index (κ1) is 14.1. The van der Waals surface area contributed by atoms with Crippen molar-refractivity contribution in [2.75, 3.05) is 0 Å². The van der Waals surface area contributed by atoms with Crippen molar-refractivity contribution in [3.8, 4) is 0 Å². The van der Waals surface area contributed by atoms with Crippen LogP contribution in [0.2, 0.25) is 0 Å². The van der Waals surface area contributed by atoms with Gasteiger partial charge in [0.05, 0.1) is 17.9 Å². The van der Waals surface area contributed by atoms with Crippen LogP contribution in [0.3, 0.4) is 0 Å². The van der Waals surface area contributed by atoms with Gasteiger partial charge in [0.1, 0.15) is 5.69 Å². The van der Waals surface area contributed by atoms with Crippen LogP contribution in [0.15, 0.2) is 72.0 Å². The predicted molar refractivity (Wildman–Crippen MR) is 95.1 cm³/mol. The van der Waals surface area contributed by atoms with Gasteiger partial charge in [-0.1, -0.05) is 48.5 Å². The summed E-state index contributed by atoms with van der Waals surface area (Å²) in [6.45, 7) is 0. The lowest BCUT2D eigenvalue weighted by atomic mass is 10.1. The van der Waals surface area contributed by atoms with Crippen molar-refractivity contribution in [2.45, 2.75) is 0 Å². The molecule has 0 saturated carbocycles. The van der Waals surface area contributed by atoms with Crippen LogP contribution in [0.5, 0.6) is 0 Å². The molecule has 0 radical (unpaired) electrons. The Balaban J connectivity index is 1.60. The Morgan fingerprint density at radius 2 is 1.79 bits per heavy atom. The fourth-order valence-corrected chi connectivity index (χ4v) is 2.64. The van der Waals surface area contributed by atoms with Crippen molar-refractivity contribution in [3.63, 3.8) is 0 Å². The monoisotopic (exact) mass is 314 g/mol. The van der Waals surface area contributed by atoms with E-state index in [0.29, 0.717) is 5.69 Å². The van der Waals surface area contributed by atoms with Crippen molar-refractivity contribution < 1.29 is 4.79 Å². The van der Waals surface area contributed by atoms with E-state index in [1.54, 1.807) is 18.5 Å². The number of nitrogens with zero attached hydrogens (tertiary/aromatic N) is 2. The van der Waals surface area contributed by atoms with Gasteiger partial charge in [-0.2, -0.15) is 5.10 Å². The number of hydrogen-bond donors (Lipinski definition) is 2. The summed E-state index contributed by atoms with van der Waals surface area (Å²) in [6.07, 6.45) is 3.27. The van der Waals surface area contributed by atoms with Gasteiger partial charge in [-0.25, -0.2) is 10.4 Å². The largest absolute Gasteiger partial charge is 0.353 e. The molecule has 4 rings (SSSR count). The molecule has 0 aliphatic rings. The third-order valence-electron chi connectivity index (χ3n) is 3.80. The molecule has 4 aromatic rings. The molecule has 5 heteroatoms. The molecule has 24 heavy (non-hydrogen) atoms. The fourth-order valence-electron chi connectivity index (χ4n) is 2.64. The van der Waals surface area contributed by atoms with Gasteiger partial charge in [0.2, 0.25) is 0 Å². The number of amides is 1. The van der Waals surface area contributed by atoms with Crippen LogP contribution < -0.4 is 5.43 Å². The van der Waals surface area contributed by atoms with Gasteiger partial charge in [-0.15, -0.1) is 0 Å². The Hall–Kier alpha value is -3.47. The first-order chi connectivity index (χ1) is 11.8. The second kappa shape index (κ2) is 5.96. The number of nitrogens with one attached hydrogen (secondary N) is 2. The number of H-pyrrole nitrogens is 1. The third kappa shape index (κ3) is 2.63. The lowest BCUT2D eigenvalue weighted by molar-refractivity contribution is 0.0950.